The van der Waals surface area contributed by atoms with Gasteiger partial charge in [-0.15, -0.1) is 0 Å². The average Bonchev–Trinajstić information content (AvgIpc) is 2.45. The second-order valence-electron chi connectivity index (χ2n) is 4.13. The van der Waals surface area contributed by atoms with Crippen molar-refractivity contribution >= 4 is 5.84 Å². The molecular weight excluding hydrogens is 262 g/mol. The van der Waals surface area contributed by atoms with Crippen LogP contribution in [-0.4, -0.2) is 49.6 Å². The van der Waals surface area contributed by atoms with Gasteiger partial charge in [0.05, 0.1) is 19.8 Å². The largest absolute Gasteiger partial charge is 0.478 e. The Kier molecular flexibility index (Phi) is 7.38. The Balaban J connectivity index is 2.38. The SMILES string of the molecule is COCCOCCCOc1cc(/C(N)=N/O)cc(C)n1. The molecule has 0 fully saturated rings. The number of rotatable bonds is 9. The van der Waals surface area contributed by atoms with Gasteiger partial charge in [0.15, 0.2) is 5.84 Å². The summed E-state index contributed by atoms with van der Waals surface area (Å²) in [5.41, 5.74) is 6.85. The maximum atomic E-state index is 8.66. The number of hydrogen-bond acceptors (Lipinski definition) is 6. The van der Waals surface area contributed by atoms with Crippen LogP contribution in [-0.2, 0) is 9.47 Å². The number of nitrogens with two attached hydrogens (primary N) is 1. The molecule has 0 aliphatic carbocycles. The highest BCUT2D eigenvalue weighted by Crippen LogP contribution is 2.12. The molecule has 0 radical (unpaired) electrons. The summed E-state index contributed by atoms with van der Waals surface area (Å²) in [4.78, 5) is 4.22. The van der Waals surface area contributed by atoms with E-state index in [0.29, 0.717) is 37.9 Å². The van der Waals surface area contributed by atoms with E-state index in [1.807, 2.05) is 6.92 Å². The first-order chi connectivity index (χ1) is 9.67. The summed E-state index contributed by atoms with van der Waals surface area (Å²) in [7, 11) is 1.63. The Hall–Kier alpha value is -1.86. The summed E-state index contributed by atoms with van der Waals surface area (Å²) in [6.07, 6.45) is 0.748. The highest BCUT2D eigenvalue weighted by atomic mass is 16.5. The lowest BCUT2D eigenvalue weighted by Crippen LogP contribution is -2.14. The molecule has 0 bridgehead atoms. The summed E-state index contributed by atoms with van der Waals surface area (Å²) in [6.45, 7) is 4.06. The van der Waals surface area contributed by atoms with Crippen LogP contribution in [0.4, 0.5) is 0 Å². The van der Waals surface area contributed by atoms with E-state index in [4.69, 9.17) is 25.2 Å². The van der Waals surface area contributed by atoms with Crippen LogP contribution in [0.1, 0.15) is 17.7 Å². The maximum absolute atomic E-state index is 8.66. The van der Waals surface area contributed by atoms with Crippen LogP contribution in [0.2, 0.25) is 0 Å². The molecule has 7 nitrogen and oxygen atoms in total. The Morgan fingerprint density at radius 3 is 2.80 bits per heavy atom. The zero-order chi connectivity index (χ0) is 14.8. The Bertz CT molecular complexity index is 438. The van der Waals surface area contributed by atoms with Crippen molar-refractivity contribution in [2.75, 3.05) is 33.5 Å². The number of methoxy groups -OCH3 is 1. The van der Waals surface area contributed by atoms with Crippen LogP contribution < -0.4 is 10.5 Å². The molecule has 1 rings (SSSR count). The number of ether oxygens (including phenoxy) is 3. The van der Waals surface area contributed by atoms with Gasteiger partial charge in [-0.1, -0.05) is 5.16 Å². The molecule has 3 N–H and O–H groups in total. The maximum Gasteiger partial charge on any atom is 0.214 e. The van der Waals surface area contributed by atoms with Crippen LogP contribution in [0.5, 0.6) is 5.88 Å². The van der Waals surface area contributed by atoms with Crippen molar-refractivity contribution in [3.63, 3.8) is 0 Å². The molecule has 0 amide bonds. The van der Waals surface area contributed by atoms with E-state index in [1.54, 1.807) is 19.2 Å². The van der Waals surface area contributed by atoms with E-state index in [9.17, 15) is 0 Å². The number of hydrogen-bond donors (Lipinski definition) is 2. The van der Waals surface area contributed by atoms with E-state index in [-0.39, 0.29) is 5.84 Å². The first kappa shape index (κ1) is 16.2. The van der Waals surface area contributed by atoms with Crippen LogP contribution in [0.25, 0.3) is 0 Å². The lowest BCUT2D eigenvalue weighted by Gasteiger charge is -2.08. The van der Waals surface area contributed by atoms with Gasteiger partial charge >= 0.3 is 0 Å². The highest BCUT2D eigenvalue weighted by Gasteiger charge is 2.05. The third-order valence-corrected chi connectivity index (χ3v) is 2.45. The fourth-order valence-electron chi connectivity index (χ4n) is 1.50. The average molecular weight is 283 g/mol. The number of pyridine rings is 1. The van der Waals surface area contributed by atoms with Gasteiger partial charge in [0.2, 0.25) is 5.88 Å². The topological polar surface area (TPSA) is 99.2 Å². The summed E-state index contributed by atoms with van der Waals surface area (Å²) in [5.74, 6) is 0.478. The number of aryl methyl sites for hydroxylation is 1. The van der Waals surface area contributed by atoms with E-state index in [0.717, 1.165) is 12.1 Å². The van der Waals surface area contributed by atoms with Crippen molar-refractivity contribution in [1.82, 2.24) is 4.98 Å². The number of amidine groups is 1. The Morgan fingerprint density at radius 2 is 2.10 bits per heavy atom. The second kappa shape index (κ2) is 9.11. The number of aromatic nitrogens is 1. The first-order valence-electron chi connectivity index (χ1n) is 6.33. The lowest BCUT2D eigenvalue weighted by molar-refractivity contribution is 0.0642. The lowest BCUT2D eigenvalue weighted by atomic mass is 10.2. The van der Waals surface area contributed by atoms with Crippen LogP contribution in [0.3, 0.4) is 0 Å². The first-order valence-corrected chi connectivity index (χ1v) is 6.33. The summed E-state index contributed by atoms with van der Waals surface area (Å²) in [5, 5.41) is 11.6. The molecule has 0 spiro atoms. The molecule has 1 aromatic heterocycles. The van der Waals surface area contributed by atoms with Crippen LogP contribution in [0, 0.1) is 6.92 Å². The van der Waals surface area contributed by atoms with E-state index < -0.39 is 0 Å². The normalized spacial score (nSPS) is 11.6. The quantitative estimate of drug-likeness (QED) is 0.230. The molecule has 0 atom stereocenters. The predicted octanol–water partition coefficient (Wildman–Crippen LogP) is 0.916. The van der Waals surface area contributed by atoms with E-state index >= 15 is 0 Å². The third kappa shape index (κ3) is 5.85. The van der Waals surface area contributed by atoms with Gasteiger partial charge < -0.3 is 25.2 Å². The van der Waals surface area contributed by atoms with Crippen molar-refractivity contribution < 1.29 is 19.4 Å². The molecule has 20 heavy (non-hydrogen) atoms. The molecule has 0 unspecified atom stereocenters. The molecule has 0 saturated heterocycles. The van der Waals surface area contributed by atoms with Gasteiger partial charge in [-0.3, -0.25) is 0 Å². The van der Waals surface area contributed by atoms with Gasteiger partial charge in [-0.2, -0.15) is 0 Å². The second-order valence-corrected chi connectivity index (χ2v) is 4.13. The van der Waals surface area contributed by atoms with Gasteiger partial charge in [-0.05, 0) is 13.0 Å². The minimum absolute atomic E-state index is 0.0308. The van der Waals surface area contributed by atoms with Gasteiger partial charge in [-0.25, -0.2) is 4.98 Å². The van der Waals surface area contributed by atoms with Gasteiger partial charge in [0.25, 0.3) is 0 Å². The monoisotopic (exact) mass is 283 g/mol. The standard InChI is InChI=1S/C13H21N3O4/c1-10-8-11(13(14)16-17)9-12(15-10)20-5-3-4-19-7-6-18-2/h8-9,17H,3-7H2,1-2H3,(H2,14,16). The predicted molar refractivity (Wildman–Crippen MR) is 74.3 cm³/mol. The molecule has 0 aliphatic heterocycles. The molecule has 0 saturated carbocycles. The fourth-order valence-corrected chi connectivity index (χ4v) is 1.50. The van der Waals surface area contributed by atoms with Crippen molar-refractivity contribution in [2.45, 2.75) is 13.3 Å². The van der Waals surface area contributed by atoms with Crippen molar-refractivity contribution in [2.24, 2.45) is 10.9 Å². The van der Waals surface area contributed by atoms with Crippen LogP contribution >= 0.6 is 0 Å². The molecule has 1 heterocycles. The molecular formula is C13H21N3O4. The van der Waals surface area contributed by atoms with E-state index in [2.05, 4.69) is 10.1 Å². The van der Waals surface area contributed by atoms with Crippen molar-refractivity contribution in [3.05, 3.63) is 23.4 Å². The van der Waals surface area contributed by atoms with Crippen molar-refractivity contribution in [1.29, 1.82) is 0 Å². The molecule has 7 heteroatoms. The van der Waals surface area contributed by atoms with Gasteiger partial charge in [0, 0.05) is 37.5 Å². The number of nitrogens with zero attached hydrogens (tertiary/aromatic N) is 2. The number of oxime groups is 1. The molecule has 112 valence electrons. The molecule has 0 aliphatic rings. The zero-order valence-corrected chi connectivity index (χ0v) is 11.8. The molecule has 0 aromatic carbocycles. The van der Waals surface area contributed by atoms with Crippen molar-refractivity contribution in [3.8, 4) is 5.88 Å². The summed E-state index contributed by atoms with van der Waals surface area (Å²) < 4.78 is 15.7. The Morgan fingerprint density at radius 1 is 1.30 bits per heavy atom. The third-order valence-electron chi connectivity index (χ3n) is 2.45. The van der Waals surface area contributed by atoms with E-state index in [1.165, 1.54) is 0 Å². The smallest absolute Gasteiger partial charge is 0.214 e. The van der Waals surface area contributed by atoms with Gasteiger partial charge in [0.1, 0.15) is 0 Å². The van der Waals surface area contributed by atoms with Crippen LogP contribution in [0.15, 0.2) is 17.3 Å². The summed E-state index contributed by atoms with van der Waals surface area (Å²) in [6, 6.07) is 3.35. The Labute approximate surface area is 118 Å². The minimum Gasteiger partial charge on any atom is -0.478 e. The zero-order valence-electron chi connectivity index (χ0n) is 11.8. The summed E-state index contributed by atoms with van der Waals surface area (Å²) >= 11 is 0. The minimum atomic E-state index is 0.0308. The highest BCUT2D eigenvalue weighted by molar-refractivity contribution is 5.97. The molecule has 1 aromatic rings. The fraction of sp³-hybridized carbons (Fsp3) is 0.538.